The molecule has 1 saturated carbocycles. The normalized spacial score (nSPS) is 47.5. The van der Waals surface area contributed by atoms with Gasteiger partial charge in [-0.15, -0.1) is 0 Å². The minimum atomic E-state index is -0.0909. The number of nitrogens with one attached hydrogen (secondary N) is 1. The molecule has 2 rings (SSSR count). The van der Waals surface area contributed by atoms with E-state index in [1.165, 1.54) is 0 Å². The minimum absolute atomic E-state index is 0.00796. The molecule has 0 aromatic rings. The van der Waals surface area contributed by atoms with Crippen LogP contribution >= 0.6 is 0 Å². The Morgan fingerprint density at radius 3 is 2.43 bits per heavy atom. The SMILES string of the molecule is CC1CC2(CC(=O)NC(=O)C2C)C1C. The number of hydrogen-bond donors (Lipinski definition) is 1. The van der Waals surface area contributed by atoms with Crippen molar-refractivity contribution < 1.29 is 9.59 Å². The van der Waals surface area contributed by atoms with Crippen LogP contribution in [0, 0.1) is 23.2 Å². The smallest absolute Gasteiger partial charge is 0.229 e. The molecule has 0 bridgehead atoms. The first kappa shape index (κ1) is 9.69. The first-order valence-corrected chi connectivity index (χ1v) is 5.31. The molecule has 0 aromatic heterocycles. The van der Waals surface area contributed by atoms with Gasteiger partial charge in [-0.3, -0.25) is 14.9 Å². The van der Waals surface area contributed by atoms with Crippen LogP contribution in [0.2, 0.25) is 0 Å². The van der Waals surface area contributed by atoms with Gasteiger partial charge in [0.25, 0.3) is 0 Å². The lowest BCUT2D eigenvalue weighted by Gasteiger charge is -2.57. The van der Waals surface area contributed by atoms with Gasteiger partial charge in [-0.05, 0) is 23.7 Å². The number of carbonyl (C=O) groups excluding carboxylic acids is 2. The lowest BCUT2D eigenvalue weighted by Crippen LogP contribution is -2.60. The third kappa shape index (κ3) is 1.04. The highest BCUT2D eigenvalue weighted by Crippen LogP contribution is 2.58. The van der Waals surface area contributed by atoms with Crippen molar-refractivity contribution in [3.63, 3.8) is 0 Å². The van der Waals surface area contributed by atoms with Crippen LogP contribution in [0.4, 0.5) is 0 Å². The second-order valence-electron chi connectivity index (χ2n) is 5.01. The summed E-state index contributed by atoms with van der Waals surface area (Å²) in [4.78, 5) is 22.9. The minimum Gasteiger partial charge on any atom is -0.296 e. The highest BCUT2D eigenvalue weighted by molar-refractivity contribution is 5.99. The zero-order chi connectivity index (χ0) is 10.5. The molecular formula is C11H17NO2. The van der Waals surface area contributed by atoms with Crippen LogP contribution in [0.15, 0.2) is 0 Å². The number of imide groups is 1. The second kappa shape index (κ2) is 2.81. The molecule has 0 aromatic carbocycles. The van der Waals surface area contributed by atoms with E-state index in [1.807, 2.05) is 6.92 Å². The molecule has 2 amide bonds. The molecule has 1 aliphatic carbocycles. The third-order valence-corrected chi connectivity index (χ3v) is 4.47. The molecule has 0 radical (unpaired) electrons. The van der Waals surface area contributed by atoms with Crippen molar-refractivity contribution >= 4 is 11.8 Å². The topological polar surface area (TPSA) is 46.2 Å². The number of hydrogen-bond acceptors (Lipinski definition) is 2. The molecule has 1 saturated heterocycles. The number of rotatable bonds is 0. The fraction of sp³-hybridized carbons (Fsp3) is 0.818. The van der Waals surface area contributed by atoms with Gasteiger partial charge in [0.1, 0.15) is 0 Å². The molecule has 14 heavy (non-hydrogen) atoms. The van der Waals surface area contributed by atoms with Crippen molar-refractivity contribution in [1.82, 2.24) is 5.32 Å². The summed E-state index contributed by atoms with van der Waals surface area (Å²) < 4.78 is 0. The first-order valence-electron chi connectivity index (χ1n) is 5.31. The third-order valence-electron chi connectivity index (χ3n) is 4.47. The van der Waals surface area contributed by atoms with Crippen LogP contribution in [-0.2, 0) is 9.59 Å². The van der Waals surface area contributed by atoms with Crippen molar-refractivity contribution in [2.75, 3.05) is 0 Å². The first-order chi connectivity index (χ1) is 6.47. The Balaban J connectivity index is 2.26. The molecule has 1 aliphatic heterocycles. The van der Waals surface area contributed by atoms with Gasteiger partial charge in [0.15, 0.2) is 0 Å². The van der Waals surface area contributed by atoms with Gasteiger partial charge in [0, 0.05) is 12.3 Å². The molecule has 78 valence electrons. The molecule has 1 N–H and O–H groups in total. The molecule has 3 heteroatoms. The molecular weight excluding hydrogens is 178 g/mol. The fourth-order valence-electron chi connectivity index (χ4n) is 3.18. The van der Waals surface area contributed by atoms with E-state index in [2.05, 4.69) is 19.2 Å². The summed E-state index contributed by atoms with van der Waals surface area (Å²) >= 11 is 0. The van der Waals surface area contributed by atoms with E-state index < -0.39 is 0 Å². The van der Waals surface area contributed by atoms with Gasteiger partial charge in [0.2, 0.25) is 11.8 Å². The number of piperidine rings is 1. The van der Waals surface area contributed by atoms with Crippen LogP contribution in [0.5, 0.6) is 0 Å². The highest BCUT2D eigenvalue weighted by atomic mass is 16.2. The van der Waals surface area contributed by atoms with E-state index in [0.29, 0.717) is 18.3 Å². The van der Waals surface area contributed by atoms with E-state index in [4.69, 9.17) is 0 Å². The van der Waals surface area contributed by atoms with Crippen LogP contribution in [-0.4, -0.2) is 11.8 Å². The van der Waals surface area contributed by atoms with Gasteiger partial charge in [-0.2, -0.15) is 0 Å². The predicted molar refractivity (Wildman–Crippen MR) is 52.3 cm³/mol. The number of carbonyl (C=O) groups is 2. The summed E-state index contributed by atoms with van der Waals surface area (Å²) in [6.45, 7) is 6.31. The molecule has 2 fully saturated rings. The van der Waals surface area contributed by atoms with E-state index >= 15 is 0 Å². The second-order valence-corrected chi connectivity index (χ2v) is 5.01. The molecule has 1 spiro atoms. The average molecular weight is 195 g/mol. The molecule has 3 nitrogen and oxygen atoms in total. The van der Waals surface area contributed by atoms with Gasteiger partial charge in [0.05, 0.1) is 0 Å². The average Bonchev–Trinajstić information content (AvgIpc) is 2.13. The van der Waals surface area contributed by atoms with Crippen LogP contribution in [0.3, 0.4) is 0 Å². The van der Waals surface area contributed by atoms with E-state index in [9.17, 15) is 9.59 Å². The maximum atomic E-state index is 11.5. The summed E-state index contributed by atoms with van der Waals surface area (Å²) in [5.41, 5.74) is -0.0289. The molecule has 4 atom stereocenters. The molecule has 4 unspecified atom stereocenters. The monoisotopic (exact) mass is 195 g/mol. The summed E-state index contributed by atoms with van der Waals surface area (Å²) in [6.07, 6.45) is 1.56. The van der Waals surface area contributed by atoms with Crippen molar-refractivity contribution in [2.45, 2.75) is 33.6 Å². The quantitative estimate of drug-likeness (QED) is 0.593. The summed E-state index contributed by atoms with van der Waals surface area (Å²) in [5, 5.41) is 2.41. The zero-order valence-electron chi connectivity index (χ0n) is 8.96. The van der Waals surface area contributed by atoms with Crippen LogP contribution in [0.25, 0.3) is 0 Å². The van der Waals surface area contributed by atoms with E-state index in [-0.39, 0.29) is 23.1 Å². The predicted octanol–water partition coefficient (Wildman–Crippen LogP) is 1.33. The Hall–Kier alpha value is -0.860. The van der Waals surface area contributed by atoms with Crippen molar-refractivity contribution in [3.05, 3.63) is 0 Å². The maximum absolute atomic E-state index is 11.5. The van der Waals surface area contributed by atoms with Gasteiger partial charge in [-0.1, -0.05) is 20.8 Å². The summed E-state index contributed by atoms with van der Waals surface area (Å²) in [7, 11) is 0. The maximum Gasteiger partial charge on any atom is 0.229 e. The Kier molecular flexibility index (Phi) is 1.95. The fourth-order valence-corrected chi connectivity index (χ4v) is 3.18. The van der Waals surface area contributed by atoms with E-state index in [1.54, 1.807) is 0 Å². The molecule has 1 heterocycles. The van der Waals surface area contributed by atoms with Crippen molar-refractivity contribution in [2.24, 2.45) is 23.2 Å². The molecule has 2 aliphatic rings. The van der Waals surface area contributed by atoms with E-state index in [0.717, 1.165) is 6.42 Å². The lowest BCUT2D eigenvalue weighted by atomic mass is 9.48. The summed E-state index contributed by atoms with van der Waals surface area (Å²) in [6, 6.07) is 0. The largest absolute Gasteiger partial charge is 0.296 e. The Morgan fingerprint density at radius 2 is 1.93 bits per heavy atom. The lowest BCUT2D eigenvalue weighted by molar-refractivity contribution is -0.158. The summed E-state index contributed by atoms with van der Waals surface area (Å²) in [5.74, 6) is 0.960. The Bertz CT molecular complexity index is 300. The Morgan fingerprint density at radius 1 is 1.29 bits per heavy atom. The Labute approximate surface area is 84.2 Å². The van der Waals surface area contributed by atoms with Gasteiger partial charge in [-0.25, -0.2) is 0 Å². The van der Waals surface area contributed by atoms with Gasteiger partial charge < -0.3 is 0 Å². The van der Waals surface area contributed by atoms with Crippen molar-refractivity contribution in [3.8, 4) is 0 Å². The highest BCUT2D eigenvalue weighted by Gasteiger charge is 2.57. The number of amides is 2. The van der Waals surface area contributed by atoms with Crippen LogP contribution in [0.1, 0.15) is 33.6 Å². The standard InChI is InChI=1S/C11H17NO2/c1-6-4-11(7(6)2)5-9(13)12-10(14)8(11)3/h6-8H,4-5H2,1-3H3,(H,12,13,14). The zero-order valence-corrected chi connectivity index (χ0v) is 8.96. The van der Waals surface area contributed by atoms with Crippen molar-refractivity contribution in [1.29, 1.82) is 0 Å². The van der Waals surface area contributed by atoms with Crippen LogP contribution < -0.4 is 5.32 Å². The van der Waals surface area contributed by atoms with Gasteiger partial charge >= 0.3 is 0 Å².